The summed E-state index contributed by atoms with van der Waals surface area (Å²) in [5.74, 6) is 0.437. The van der Waals surface area contributed by atoms with Crippen LogP contribution in [0.4, 0.5) is 13.2 Å². The molecule has 0 unspecified atom stereocenters. The smallest absolute Gasteiger partial charge is 0.337 e. The van der Waals surface area contributed by atoms with Gasteiger partial charge in [0, 0.05) is 10.7 Å². The Kier molecular flexibility index (Phi) is 3.01. The molecule has 20 heavy (non-hydrogen) atoms. The first kappa shape index (κ1) is 13.1. The summed E-state index contributed by atoms with van der Waals surface area (Å²) in [5.41, 5.74) is 0.666. The second-order valence-electron chi connectivity index (χ2n) is 4.18. The van der Waals surface area contributed by atoms with E-state index < -0.39 is 11.7 Å². The number of pyridine rings is 1. The first-order valence-electron chi connectivity index (χ1n) is 5.62. The fraction of sp³-hybridized carbons (Fsp3) is 0.0769. The highest BCUT2D eigenvalue weighted by molar-refractivity contribution is 9.10. The summed E-state index contributed by atoms with van der Waals surface area (Å²) in [6.07, 6.45) is -2.76. The number of aromatic amines is 1. The average Bonchev–Trinajstić information content (AvgIpc) is 2.81. The van der Waals surface area contributed by atoms with Crippen molar-refractivity contribution < 1.29 is 13.2 Å². The Hall–Kier alpha value is -1.89. The van der Waals surface area contributed by atoms with Gasteiger partial charge >= 0.3 is 6.18 Å². The summed E-state index contributed by atoms with van der Waals surface area (Å²) in [6.45, 7) is 0. The van der Waals surface area contributed by atoms with Gasteiger partial charge in [-0.3, -0.25) is 4.98 Å². The zero-order valence-electron chi connectivity index (χ0n) is 9.87. The number of benzene rings is 1. The Morgan fingerprint density at radius 3 is 2.55 bits per heavy atom. The molecule has 0 aliphatic rings. The van der Waals surface area contributed by atoms with E-state index in [0.717, 1.165) is 16.6 Å². The van der Waals surface area contributed by atoms with Crippen LogP contribution >= 0.6 is 15.9 Å². The Balaban J connectivity index is 2.09. The quantitative estimate of drug-likeness (QED) is 0.712. The van der Waals surface area contributed by atoms with Gasteiger partial charge in [0.2, 0.25) is 0 Å². The lowest BCUT2D eigenvalue weighted by Gasteiger charge is -2.05. The van der Waals surface area contributed by atoms with Gasteiger partial charge in [0.15, 0.2) is 5.82 Å². The van der Waals surface area contributed by atoms with Gasteiger partial charge < -0.3 is 4.98 Å². The van der Waals surface area contributed by atoms with Gasteiger partial charge in [-0.2, -0.15) is 13.2 Å². The molecule has 0 bridgehead atoms. The third-order valence-electron chi connectivity index (χ3n) is 2.78. The number of nitrogens with one attached hydrogen (secondary N) is 1. The molecule has 3 rings (SSSR count). The van der Waals surface area contributed by atoms with E-state index in [0.29, 0.717) is 22.6 Å². The summed E-state index contributed by atoms with van der Waals surface area (Å²) in [4.78, 5) is 11.2. The molecule has 0 saturated carbocycles. The molecular formula is C13H7BrF3N3. The second kappa shape index (κ2) is 4.59. The fourth-order valence-electron chi connectivity index (χ4n) is 1.82. The lowest BCUT2D eigenvalue weighted by Crippen LogP contribution is -2.04. The number of imidazole rings is 1. The number of nitrogens with zero attached hydrogens (tertiary/aromatic N) is 2. The molecule has 0 atom stereocenters. The van der Waals surface area contributed by atoms with Crippen LogP contribution in [0.3, 0.4) is 0 Å². The van der Waals surface area contributed by atoms with Crippen LogP contribution < -0.4 is 0 Å². The van der Waals surface area contributed by atoms with Gasteiger partial charge in [-0.05, 0) is 46.3 Å². The van der Waals surface area contributed by atoms with Crippen LogP contribution in [0, 0.1) is 0 Å². The summed E-state index contributed by atoms with van der Waals surface area (Å²) in [6, 6.07) is 6.92. The van der Waals surface area contributed by atoms with Crippen LogP contribution in [0.1, 0.15) is 5.56 Å². The van der Waals surface area contributed by atoms with E-state index in [1.165, 1.54) is 6.07 Å². The molecule has 0 spiro atoms. The first-order valence-corrected chi connectivity index (χ1v) is 6.42. The van der Waals surface area contributed by atoms with E-state index in [2.05, 4.69) is 30.9 Å². The Morgan fingerprint density at radius 1 is 1.10 bits per heavy atom. The molecule has 0 aliphatic carbocycles. The van der Waals surface area contributed by atoms with Crippen molar-refractivity contribution in [2.45, 2.75) is 6.18 Å². The minimum Gasteiger partial charge on any atom is -0.337 e. The Labute approximate surface area is 120 Å². The van der Waals surface area contributed by atoms with Crippen molar-refractivity contribution in [3.05, 3.63) is 46.6 Å². The Morgan fingerprint density at radius 2 is 1.90 bits per heavy atom. The van der Waals surface area contributed by atoms with Gasteiger partial charge in [0.1, 0.15) is 5.69 Å². The highest BCUT2D eigenvalue weighted by atomic mass is 79.9. The molecule has 1 aromatic carbocycles. The van der Waals surface area contributed by atoms with E-state index in [1.807, 2.05) is 0 Å². The number of H-pyrrole nitrogens is 1. The van der Waals surface area contributed by atoms with Crippen LogP contribution in [-0.4, -0.2) is 15.0 Å². The molecule has 102 valence electrons. The molecule has 0 amide bonds. The molecule has 3 nitrogen and oxygen atoms in total. The number of hydrogen-bond acceptors (Lipinski definition) is 2. The Bertz CT molecular complexity index is 763. The van der Waals surface area contributed by atoms with Crippen LogP contribution in [0.2, 0.25) is 0 Å². The van der Waals surface area contributed by atoms with Crippen molar-refractivity contribution >= 4 is 27.0 Å². The average molecular weight is 342 g/mol. The summed E-state index contributed by atoms with van der Waals surface area (Å²) < 4.78 is 38.7. The number of alkyl halides is 3. The zero-order chi connectivity index (χ0) is 14.3. The summed E-state index contributed by atoms with van der Waals surface area (Å²) in [7, 11) is 0. The molecule has 2 aromatic heterocycles. The number of fused-ring (bicyclic) bond motifs is 1. The highest BCUT2D eigenvalue weighted by Gasteiger charge is 2.30. The summed E-state index contributed by atoms with van der Waals surface area (Å²) >= 11 is 3.27. The van der Waals surface area contributed by atoms with Crippen molar-refractivity contribution in [3.8, 4) is 11.5 Å². The minimum absolute atomic E-state index is 0.333. The third-order valence-corrected chi connectivity index (χ3v) is 3.25. The maximum atomic E-state index is 12.6. The standard InChI is InChI=1S/C13H7BrF3N3/c14-8-2-4-10(18-6-8)12-19-9-3-1-7(13(15,16)17)5-11(9)20-12/h1-6H,(H,19,20). The fourth-order valence-corrected chi connectivity index (χ4v) is 2.06. The van der Waals surface area contributed by atoms with Crippen molar-refractivity contribution in [1.82, 2.24) is 15.0 Å². The molecule has 2 heterocycles. The van der Waals surface area contributed by atoms with Gasteiger partial charge in [0.05, 0.1) is 16.6 Å². The van der Waals surface area contributed by atoms with E-state index >= 15 is 0 Å². The topological polar surface area (TPSA) is 41.6 Å². The monoisotopic (exact) mass is 341 g/mol. The molecule has 3 aromatic rings. The number of aromatic nitrogens is 3. The number of hydrogen-bond donors (Lipinski definition) is 1. The predicted molar refractivity (Wildman–Crippen MR) is 72.0 cm³/mol. The second-order valence-corrected chi connectivity index (χ2v) is 5.09. The van der Waals surface area contributed by atoms with Crippen molar-refractivity contribution in [3.63, 3.8) is 0 Å². The molecule has 0 aliphatic heterocycles. The van der Waals surface area contributed by atoms with Gasteiger partial charge in [-0.1, -0.05) is 0 Å². The maximum absolute atomic E-state index is 12.6. The van der Waals surface area contributed by atoms with Gasteiger partial charge in [0.25, 0.3) is 0 Å². The van der Waals surface area contributed by atoms with Crippen molar-refractivity contribution in [2.24, 2.45) is 0 Å². The molecule has 0 radical (unpaired) electrons. The van der Waals surface area contributed by atoms with Crippen molar-refractivity contribution in [2.75, 3.05) is 0 Å². The molecule has 1 N–H and O–H groups in total. The van der Waals surface area contributed by atoms with E-state index in [1.54, 1.807) is 18.3 Å². The van der Waals surface area contributed by atoms with Crippen LogP contribution in [0.15, 0.2) is 41.0 Å². The number of halogens is 4. The molecule has 0 saturated heterocycles. The van der Waals surface area contributed by atoms with Crippen molar-refractivity contribution in [1.29, 1.82) is 0 Å². The van der Waals surface area contributed by atoms with E-state index in [9.17, 15) is 13.2 Å². The SMILES string of the molecule is FC(F)(F)c1ccc2nc(-c3ccc(Br)cn3)[nH]c2c1. The largest absolute Gasteiger partial charge is 0.416 e. The van der Waals surface area contributed by atoms with Crippen LogP contribution in [0.25, 0.3) is 22.6 Å². The zero-order valence-corrected chi connectivity index (χ0v) is 11.5. The molecular weight excluding hydrogens is 335 g/mol. The molecule has 0 fully saturated rings. The highest BCUT2D eigenvalue weighted by Crippen LogP contribution is 2.31. The lowest BCUT2D eigenvalue weighted by atomic mass is 10.2. The molecule has 7 heteroatoms. The first-order chi connectivity index (χ1) is 9.43. The summed E-state index contributed by atoms with van der Waals surface area (Å²) in [5, 5.41) is 0. The predicted octanol–water partition coefficient (Wildman–Crippen LogP) is 4.41. The van der Waals surface area contributed by atoms with E-state index in [4.69, 9.17) is 0 Å². The van der Waals surface area contributed by atoms with E-state index in [-0.39, 0.29) is 0 Å². The minimum atomic E-state index is -4.37. The van der Waals surface area contributed by atoms with Gasteiger partial charge in [-0.25, -0.2) is 4.98 Å². The normalized spacial score (nSPS) is 12.0. The van der Waals surface area contributed by atoms with Gasteiger partial charge in [-0.15, -0.1) is 0 Å². The number of rotatable bonds is 1. The van der Waals surface area contributed by atoms with Crippen LogP contribution in [-0.2, 0) is 6.18 Å². The lowest BCUT2D eigenvalue weighted by molar-refractivity contribution is -0.137. The third kappa shape index (κ3) is 2.40. The maximum Gasteiger partial charge on any atom is 0.416 e. The van der Waals surface area contributed by atoms with Crippen LogP contribution in [0.5, 0.6) is 0 Å².